The molecule has 4 heterocycles. The number of imidazole rings is 1. The lowest BCUT2D eigenvalue weighted by Crippen LogP contribution is -1.94. The van der Waals surface area contributed by atoms with Crippen molar-refractivity contribution >= 4 is 5.52 Å². The average Bonchev–Trinajstić information content (AvgIpc) is 3.32. The molecule has 0 bridgehead atoms. The number of aromatic amines is 1. The molecule has 0 aliphatic heterocycles. The zero-order valence-corrected chi connectivity index (χ0v) is 14.1. The van der Waals surface area contributed by atoms with E-state index in [0.29, 0.717) is 5.75 Å². The van der Waals surface area contributed by atoms with E-state index in [2.05, 4.69) is 32.0 Å². The Balaban J connectivity index is 1.82. The Bertz CT molecular complexity index is 1120. The van der Waals surface area contributed by atoms with Crippen molar-refractivity contribution in [3.8, 4) is 28.7 Å². The number of aromatic nitrogens is 6. The van der Waals surface area contributed by atoms with Crippen LogP contribution in [-0.2, 0) is 7.05 Å². The second-order valence-corrected chi connectivity index (χ2v) is 5.68. The van der Waals surface area contributed by atoms with Gasteiger partial charge in [0.05, 0.1) is 31.3 Å². The number of hydrogen-bond donors (Lipinski definition) is 1. The van der Waals surface area contributed by atoms with Crippen LogP contribution in [0, 0.1) is 18.8 Å². The van der Waals surface area contributed by atoms with Gasteiger partial charge in [0.2, 0.25) is 0 Å². The number of H-pyrrole nitrogens is 1. The van der Waals surface area contributed by atoms with E-state index in [-0.39, 0.29) is 0 Å². The van der Waals surface area contributed by atoms with Crippen molar-refractivity contribution in [2.24, 2.45) is 7.05 Å². The Labute approximate surface area is 144 Å². The average molecular weight is 332 g/mol. The van der Waals surface area contributed by atoms with E-state index in [1.54, 1.807) is 28.7 Å². The van der Waals surface area contributed by atoms with Gasteiger partial charge in [-0.25, -0.2) is 9.50 Å². The van der Waals surface area contributed by atoms with E-state index in [4.69, 9.17) is 4.74 Å². The largest absolute Gasteiger partial charge is 0.494 e. The first-order valence-electron chi connectivity index (χ1n) is 7.72. The molecule has 25 heavy (non-hydrogen) atoms. The summed E-state index contributed by atoms with van der Waals surface area (Å²) in [6, 6.07) is 1.97. The minimum atomic E-state index is 0.712. The molecule has 4 aromatic rings. The summed E-state index contributed by atoms with van der Waals surface area (Å²) in [4.78, 5) is 7.24. The van der Waals surface area contributed by atoms with Gasteiger partial charge >= 0.3 is 0 Å². The fourth-order valence-electron chi connectivity index (χ4n) is 2.68. The van der Waals surface area contributed by atoms with Gasteiger partial charge in [-0.1, -0.05) is 5.92 Å². The Hall–Kier alpha value is -3.53. The summed E-state index contributed by atoms with van der Waals surface area (Å²) < 4.78 is 9.12. The molecule has 0 aliphatic rings. The molecule has 0 unspecified atom stereocenters. The standard InChI is InChI=1S/C18H16N6O/c1-12-19-9-16(22-12)5-4-13-7-21-24-11-14(6-17(25-3)18(13)24)15-8-20-23(2)10-15/h6-11H,1-3H3,(H,19,22). The maximum absolute atomic E-state index is 5.58. The van der Waals surface area contributed by atoms with Crippen LogP contribution in [0.5, 0.6) is 5.75 Å². The van der Waals surface area contributed by atoms with Crippen molar-refractivity contribution in [2.75, 3.05) is 7.11 Å². The van der Waals surface area contributed by atoms with Crippen LogP contribution in [0.15, 0.2) is 37.1 Å². The first-order chi connectivity index (χ1) is 12.1. The molecule has 0 saturated heterocycles. The van der Waals surface area contributed by atoms with Gasteiger partial charge in [0.25, 0.3) is 0 Å². The van der Waals surface area contributed by atoms with Gasteiger partial charge < -0.3 is 9.72 Å². The Kier molecular flexibility index (Phi) is 3.51. The first kappa shape index (κ1) is 15.0. The van der Waals surface area contributed by atoms with Gasteiger partial charge in [-0.05, 0) is 18.9 Å². The summed E-state index contributed by atoms with van der Waals surface area (Å²) in [5.41, 5.74) is 4.37. The van der Waals surface area contributed by atoms with Crippen LogP contribution in [0.3, 0.4) is 0 Å². The summed E-state index contributed by atoms with van der Waals surface area (Å²) in [5, 5.41) is 8.63. The maximum atomic E-state index is 5.58. The van der Waals surface area contributed by atoms with E-state index < -0.39 is 0 Å². The minimum Gasteiger partial charge on any atom is -0.494 e. The van der Waals surface area contributed by atoms with Crippen molar-refractivity contribution in [2.45, 2.75) is 6.92 Å². The van der Waals surface area contributed by atoms with Crippen molar-refractivity contribution in [1.82, 2.24) is 29.4 Å². The molecule has 0 aliphatic carbocycles. The fraction of sp³-hybridized carbons (Fsp3) is 0.167. The lowest BCUT2D eigenvalue weighted by Gasteiger charge is -2.06. The minimum absolute atomic E-state index is 0.712. The second kappa shape index (κ2) is 5.83. The monoisotopic (exact) mass is 332 g/mol. The van der Waals surface area contributed by atoms with E-state index in [1.165, 1.54) is 0 Å². The predicted molar refractivity (Wildman–Crippen MR) is 93.3 cm³/mol. The van der Waals surface area contributed by atoms with E-state index >= 15 is 0 Å². The predicted octanol–water partition coefficient (Wildman–Crippen LogP) is 2.17. The van der Waals surface area contributed by atoms with Gasteiger partial charge in [0.1, 0.15) is 22.8 Å². The summed E-state index contributed by atoms with van der Waals surface area (Å²) in [6.07, 6.45) is 9.16. The summed E-state index contributed by atoms with van der Waals surface area (Å²) in [6.45, 7) is 1.89. The molecule has 0 amide bonds. The third-order valence-electron chi connectivity index (χ3n) is 3.87. The number of aryl methyl sites for hydroxylation is 2. The molecule has 0 aromatic carbocycles. The number of rotatable bonds is 2. The van der Waals surface area contributed by atoms with Crippen molar-refractivity contribution in [3.63, 3.8) is 0 Å². The summed E-state index contributed by atoms with van der Waals surface area (Å²) in [7, 11) is 3.53. The number of fused-ring (bicyclic) bond motifs is 1. The smallest absolute Gasteiger partial charge is 0.146 e. The number of methoxy groups -OCH3 is 1. The molecule has 0 saturated carbocycles. The van der Waals surface area contributed by atoms with Crippen molar-refractivity contribution in [1.29, 1.82) is 0 Å². The lowest BCUT2D eigenvalue weighted by atomic mass is 10.1. The van der Waals surface area contributed by atoms with Gasteiger partial charge in [-0.3, -0.25) is 4.68 Å². The van der Waals surface area contributed by atoms with Crippen LogP contribution >= 0.6 is 0 Å². The van der Waals surface area contributed by atoms with Crippen molar-refractivity contribution < 1.29 is 4.74 Å². The van der Waals surface area contributed by atoms with E-state index in [0.717, 1.165) is 33.7 Å². The summed E-state index contributed by atoms with van der Waals surface area (Å²) >= 11 is 0. The molecule has 0 radical (unpaired) electrons. The second-order valence-electron chi connectivity index (χ2n) is 5.68. The number of hydrogen-bond acceptors (Lipinski definition) is 4. The van der Waals surface area contributed by atoms with Crippen LogP contribution in [0.2, 0.25) is 0 Å². The first-order valence-corrected chi connectivity index (χ1v) is 7.72. The lowest BCUT2D eigenvalue weighted by molar-refractivity contribution is 0.417. The zero-order chi connectivity index (χ0) is 17.4. The molecule has 7 nitrogen and oxygen atoms in total. The Morgan fingerprint density at radius 1 is 1.08 bits per heavy atom. The Morgan fingerprint density at radius 2 is 1.96 bits per heavy atom. The molecule has 0 spiro atoms. The van der Waals surface area contributed by atoms with Crippen LogP contribution in [0.1, 0.15) is 17.1 Å². The Morgan fingerprint density at radius 3 is 2.64 bits per heavy atom. The van der Waals surface area contributed by atoms with Gasteiger partial charge in [-0.15, -0.1) is 0 Å². The van der Waals surface area contributed by atoms with Crippen LogP contribution in [-0.4, -0.2) is 36.5 Å². The number of nitrogens with zero attached hydrogens (tertiary/aromatic N) is 5. The molecule has 4 aromatic heterocycles. The normalized spacial score (nSPS) is 10.7. The molecule has 0 atom stereocenters. The quantitative estimate of drug-likeness (QED) is 0.571. The van der Waals surface area contributed by atoms with Gasteiger partial charge in [0, 0.05) is 30.6 Å². The third kappa shape index (κ3) is 2.74. The van der Waals surface area contributed by atoms with E-state index in [1.807, 2.05) is 38.6 Å². The van der Waals surface area contributed by atoms with Crippen LogP contribution < -0.4 is 4.74 Å². The molecular weight excluding hydrogens is 316 g/mol. The zero-order valence-electron chi connectivity index (χ0n) is 14.1. The molecule has 0 fully saturated rings. The van der Waals surface area contributed by atoms with Crippen LogP contribution in [0.25, 0.3) is 16.6 Å². The third-order valence-corrected chi connectivity index (χ3v) is 3.87. The fourth-order valence-corrected chi connectivity index (χ4v) is 2.68. The molecule has 1 N–H and O–H groups in total. The number of ether oxygens (including phenoxy) is 1. The topological polar surface area (TPSA) is 73.0 Å². The SMILES string of the molecule is COc1cc(-c2cnn(C)c2)cn2ncc(C#Cc3cnc(C)[nH]3)c12. The maximum Gasteiger partial charge on any atom is 0.146 e. The highest BCUT2D eigenvalue weighted by atomic mass is 16.5. The highest BCUT2D eigenvalue weighted by molar-refractivity contribution is 5.75. The highest BCUT2D eigenvalue weighted by Gasteiger charge is 2.12. The summed E-state index contributed by atoms with van der Waals surface area (Å²) in [5.74, 6) is 7.75. The molecule has 124 valence electrons. The van der Waals surface area contributed by atoms with Crippen LogP contribution in [0.4, 0.5) is 0 Å². The van der Waals surface area contributed by atoms with Gasteiger partial charge in [0.15, 0.2) is 0 Å². The molecule has 4 rings (SSSR count). The van der Waals surface area contributed by atoms with E-state index in [9.17, 15) is 0 Å². The number of nitrogens with one attached hydrogen (secondary N) is 1. The molecule has 7 heteroatoms. The number of pyridine rings is 1. The van der Waals surface area contributed by atoms with Gasteiger partial charge in [-0.2, -0.15) is 10.2 Å². The highest BCUT2D eigenvalue weighted by Crippen LogP contribution is 2.29. The molecular formula is C18H16N6O. The van der Waals surface area contributed by atoms with Crippen molar-refractivity contribution in [3.05, 3.63) is 54.1 Å².